The van der Waals surface area contributed by atoms with Gasteiger partial charge in [0, 0.05) is 32.7 Å². The maximum atomic E-state index is 11.2. The van der Waals surface area contributed by atoms with Gasteiger partial charge in [-0.2, -0.15) is 0 Å². The van der Waals surface area contributed by atoms with Gasteiger partial charge in [-0.3, -0.25) is 9.69 Å². The predicted octanol–water partition coefficient (Wildman–Crippen LogP) is 0.535. The van der Waals surface area contributed by atoms with Crippen LogP contribution < -0.4 is 5.32 Å². The van der Waals surface area contributed by atoms with Crippen LogP contribution in [0.25, 0.3) is 0 Å². The minimum absolute atomic E-state index is 0.00642. The van der Waals surface area contributed by atoms with Crippen molar-refractivity contribution in [3.05, 3.63) is 0 Å². The van der Waals surface area contributed by atoms with E-state index in [0.29, 0.717) is 12.1 Å². The highest BCUT2D eigenvalue weighted by atomic mass is 16.5. The summed E-state index contributed by atoms with van der Waals surface area (Å²) < 4.78 is 11.4. The van der Waals surface area contributed by atoms with Gasteiger partial charge in [-0.25, -0.2) is 0 Å². The second kappa shape index (κ2) is 5.38. The summed E-state index contributed by atoms with van der Waals surface area (Å²) >= 11 is 0. The molecular weight excluding hydrogens is 244 g/mol. The van der Waals surface area contributed by atoms with Gasteiger partial charge in [0.05, 0.1) is 24.9 Å². The van der Waals surface area contributed by atoms with E-state index in [9.17, 15) is 4.79 Å². The highest BCUT2D eigenvalue weighted by molar-refractivity contribution is 5.73. The molecule has 3 aliphatic heterocycles. The van der Waals surface area contributed by atoms with E-state index in [1.807, 2.05) is 0 Å². The van der Waals surface area contributed by atoms with Crippen LogP contribution in [0, 0.1) is 0 Å². The first-order valence-corrected chi connectivity index (χ1v) is 7.40. The zero-order chi connectivity index (χ0) is 13.3. The molecule has 0 aromatic rings. The molecule has 0 saturated carbocycles. The molecule has 3 fully saturated rings. The summed E-state index contributed by atoms with van der Waals surface area (Å²) in [5, 5.41) is 3.06. The van der Waals surface area contributed by atoms with Crippen LogP contribution >= 0.6 is 0 Å². The van der Waals surface area contributed by atoms with Crippen LogP contribution in [0.4, 0.5) is 0 Å². The van der Waals surface area contributed by atoms with Crippen LogP contribution in [0.15, 0.2) is 0 Å². The summed E-state index contributed by atoms with van der Waals surface area (Å²) in [5.74, 6) is 0.0751. The number of carbonyl (C=O) groups is 1. The van der Waals surface area contributed by atoms with E-state index in [1.165, 1.54) is 0 Å². The third-order valence-corrected chi connectivity index (χ3v) is 4.75. The van der Waals surface area contributed by atoms with Crippen LogP contribution in [0.2, 0.25) is 0 Å². The van der Waals surface area contributed by atoms with Crippen molar-refractivity contribution in [2.75, 3.05) is 32.9 Å². The van der Waals surface area contributed by atoms with E-state index in [4.69, 9.17) is 9.47 Å². The molecule has 3 saturated heterocycles. The first-order valence-electron chi connectivity index (χ1n) is 7.40. The van der Waals surface area contributed by atoms with E-state index in [1.54, 1.807) is 6.92 Å². The normalized spacial score (nSPS) is 31.9. The molecule has 3 heterocycles. The Balaban J connectivity index is 1.54. The van der Waals surface area contributed by atoms with Crippen LogP contribution in [-0.4, -0.2) is 61.4 Å². The van der Waals surface area contributed by atoms with Gasteiger partial charge in [0.2, 0.25) is 5.91 Å². The number of amides is 1. The smallest absolute Gasteiger partial charge is 0.217 e. The highest BCUT2D eigenvalue weighted by Crippen LogP contribution is 2.36. The van der Waals surface area contributed by atoms with Crippen molar-refractivity contribution in [1.29, 1.82) is 0 Å². The Morgan fingerprint density at radius 1 is 1.32 bits per heavy atom. The van der Waals surface area contributed by atoms with E-state index in [2.05, 4.69) is 10.2 Å². The molecule has 1 N–H and O–H groups in total. The fourth-order valence-corrected chi connectivity index (χ4v) is 3.52. The van der Waals surface area contributed by atoms with Crippen LogP contribution in [0.1, 0.15) is 32.6 Å². The fraction of sp³-hybridized carbons (Fsp3) is 0.929. The molecule has 0 radical (unpaired) electrons. The maximum absolute atomic E-state index is 11.2. The second-order valence-electron chi connectivity index (χ2n) is 6.15. The average Bonchev–Trinajstić information content (AvgIpc) is 2.29. The van der Waals surface area contributed by atoms with Gasteiger partial charge in [-0.1, -0.05) is 0 Å². The van der Waals surface area contributed by atoms with Gasteiger partial charge in [0.1, 0.15) is 0 Å². The number of hydrogen-bond donors (Lipinski definition) is 1. The summed E-state index contributed by atoms with van der Waals surface area (Å²) in [4.78, 5) is 13.7. The summed E-state index contributed by atoms with van der Waals surface area (Å²) in [6, 6.07) is 0.928. The van der Waals surface area contributed by atoms with Crippen LogP contribution in [-0.2, 0) is 14.3 Å². The van der Waals surface area contributed by atoms with Crippen molar-refractivity contribution in [3.8, 4) is 0 Å². The van der Waals surface area contributed by atoms with Gasteiger partial charge in [0.15, 0.2) is 0 Å². The first-order chi connectivity index (χ1) is 9.17. The van der Waals surface area contributed by atoms with Crippen molar-refractivity contribution in [3.63, 3.8) is 0 Å². The molecule has 3 rings (SSSR count). The summed E-state index contributed by atoms with van der Waals surface area (Å²) in [6.07, 6.45) is 4.09. The predicted molar refractivity (Wildman–Crippen MR) is 70.9 cm³/mol. The minimum Gasteiger partial charge on any atom is -0.378 e. The number of carbonyl (C=O) groups excluding carboxylic acids is 1. The zero-order valence-corrected chi connectivity index (χ0v) is 11.7. The SMILES string of the molecule is CC(=O)NC1CCOC2(CCN(C3COC3)CC2)C1. The molecule has 1 spiro atoms. The molecular formula is C14H24N2O3. The van der Waals surface area contributed by atoms with Gasteiger partial charge in [-0.05, 0) is 25.7 Å². The summed E-state index contributed by atoms with van der Waals surface area (Å²) in [6.45, 7) is 6.35. The molecule has 1 atom stereocenters. The molecule has 5 nitrogen and oxygen atoms in total. The van der Waals surface area contributed by atoms with E-state index < -0.39 is 0 Å². The molecule has 0 aliphatic carbocycles. The second-order valence-corrected chi connectivity index (χ2v) is 6.15. The van der Waals surface area contributed by atoms with Crippen molar-refractivity contribution in [1.82, 2.24) is 10.2 Å². The van der Waals surface area contributed by atoms with E-state index in [0.717, 1.165) is 58.6 Å². The Hall–Kier alpha value is -0.650. The number of piperidine rings is 1. The van der Waals surface area contributed by atoms with E-state index >= 15 is 0 Å². The first kappa shape index (κ1) is 13.3. The topological polar surface area (TPSA) is 50.8 Å². The number of hydrogen-bond acceptors (Lipinski definition) is 4. The summed E-state index contributed by atoms with van der Waals surface area (Å²) in [5.41, 5.74) is 0.00642. The molecule has 1 unspecified atom stereocenters. The largest absolute Gasteiger partial charge is 0.378 e. The van der Waals surface area contributed by atoms with Crippen molar-refractivity contribution in [2.45, 2.75) is 50.3 Å². The standard InChI is InChI=1S/C14H24N2O3/c1-11(17)15-12-2-7-19-14(8-12)3-5-16(6-4-14)13-9-18-10-13/h12-13H,2-10H2,1H3,(H,15,17). The number of rotatable bonds is 2. The van der Waals surface area contributed by atoms with E-state index in [-0.39, 0.29) is 11.5 Å². The van der Waals surface area contributed by atoms with Crippen molar-refractivity contribution in [2.24, 2.45) is 0 Å². The van der Waals surface area contributed by atoms with Crippen LogP contribution in [0.3, 0.4) is 0 Å². The molecule has 0 aromatic heterocycles. The number of nitrogens with zero attached hydrogens (tertiary/aromatic N) is 1. The third kappa shape index (κ3) is 2.93. The molecule has 3 aliphatic rings. The third-order valence-electron chi connectivity index (χ3n) is 4.75. The van der Waals surface area contributed by atoms with Gasteiger partial charge in [0.25, 0.3) is 0 Å². The van der Waals surface area contributed by atoms with Crippen molar-refractivity contribution >= 4 is 5.91 Å². The molecule has 0 bridgehead atoms. The van der Waals surface area contributed by atoms with Gasteiger partial charge in [-0.15, -0.1) is 0 Å². The highest BCUT2D eigenvalue weighted by Gasteiger charge is 2.42. The molecule has 0 aromatic carbocycles. The monoisotopic (exact) mass is 268 g/mol. The lowest BCUT2D eigenvalue weighted by Gasteiger charge is -2.49. The van der Waals surface area contributed by atoms with Gasteiger partial charge < -0.3 is 14.8 Å². The number of likely N-dealkylation sites (tertiary alicyclic amines) is 1. The minimum atomic E-state index is 0.00642. The Kier molecular flexibility index (Phi) is 3.78. The lowest BCUT2D eigenvalue weighted by atomic mass is 9.82. The summed E-state index contributed by atoms with van der Waals surface area (Å²) in [7, 11) is 0. The number of ether oxygens (including phenoxy) is 2. The Labute approximate surface area is 114 Å². The molecule has 108 valence electrons. The average molecular weight is 268 g/mol. The number of nitrogens with one attached hydrogen (secondary N) is 1. The fourth-order valence-electron chi connectivity index (χ4n) is 3.52. The molecule has 19 heavy (non-hydrogen) atoms. The maximum Gasteiger partial charge on any atom is 0.217 e. The van der Waals surface area contributed by atoms with Crippen LogP contribution in [0.5, 0.6) is 0 Å². The molecule has 1 amide bonds. The lowest BCUT2D eigenvalue weighted by Crippen LogP contribution is -2.58. The molecule has 5 heteroatoms. The Morgan fingerprint density at radius 3 is 2.63 bits per heavy atom. The van der Waals surface area contributed by atoms with Gasteiger partial charge >= 0.3 is 0 Å². The Bertz CT molecular complexity index is 336. The lowest BCUT2D eigenvalue weighted by molar-refractivity contribution is -0.144. The van der Waals surface area contributed by atoms with Crippen molar-refractivity contribution < 1.29 is 14.3 Å². The Morgan fingerprint density at radius 2 is 2.05 bits per heavy atom. The zero-order valence-electron chi connectivity index (χ0n) is 11.7. The quantitative estimate of drug-likeness (QED) is 0.794.